The van der Waals surface area contributed by atoms with Gasteiger partial charge in [0.05, 0.1) is 26.1 Å². The molecule has 4 heterocycles. The number of nitrogens with zero attached hydrogens (tertiary/aromatic N) is 4. The summed E-state index contributed by atoms with van der Waals surface area (Å²) >= 11 is 0. The van der Waals surface area contributed by atoms with E-state index in [0.29, 0.717) is 31.0 Å². The summed E-state index contributed by atoms with van der Waals surface area (Å²) in [4.78, 5) is 24.0. The number of carbonyl (C=O) groups excluding carboxylic acids is 1. The highest BCUT2D eigenvalue weighted by Gasteiger charge is 2.25. The Morgan fingerprint density at radius 3 is 2.50 bits per heavy atom. The first-order valence-electron chi connectivity index (χ1n) is 11.5. The zero-order valence-corrected chi connectivity index (χ0v) is 20.7. The molecule has 0 radical (unpaired) electrons. The fourth-order valence-corrected chi connectivity index (χ4v) is 5.39. The number of carbonyl (C=O) groups is 1. The molecule has 5 rings (SSSR count). The second kappa shape index (κ2) is 8.70. The number of hydrogen-bond acceptors (Lipinski definition) is 5. The van der Waals surface area contributed by atoms with Crippen LogP contribution in [0.15, 0.2) is 67.1 Å². The Labute approximate surface area is 200 Å². The average molecular weight is 472 g/mol. The largest absolute Gasteiger partial charge is 0.389 e. The van der Waals surface area contributed by atoms with Crippen molar-refractivity contribution in [3.05, 3.63) is 78.4 Å². The summed E-state index contributed by atoms with van der Waals surface area (Å²) in [7, 11) is -1.51. The molecular formula is C26H29N5O2Si. The summed E-state index contributed by atoms with van der Waals surface area (Å²) in [5.41, 5.74) is 3.39. The van der Waals surface area contributed by atoms with Crippen molar-refractivity contribution in [3.63, 3.8) is 0 Å². The number of anilines is 2. The van der Waals surface area contributed by atoms with E-state index >= 15 is 0 Å². The first-order chi connectivity index (χ1) is 16.3. The van der Waals surface area contributed by atoms with Gasteiger partial charge in [-0.05, 0) is 42.0 Å². The monoisotopic (exact) mass is 471 g/mol. The Kier molecular flexibility index (Phi) is 5.71. The molecule has 8 heteroatoms. The molecule has 0 unspecified atom stereocenters. The van der Waals surface area contributed by atoms with E-state index in [4.69, 9.17) is 0 Å². The topological polar surface area (TPSA) is 83.3 Å². The van der Waals surface area contributed by atoms with Gasteiger partial charge in [-0.15, -0.1) is 0 Å². The van der Waals surface area contributed by atoms with Crippen LogP contribution in [0, 0.1) is 0 Å². The fraction of sp³-hybridized carbons (Fsp3) is 0.269. The smallest absolute Gasteiger partial charge is 0.272 e. The number of amides is 1. The van der Waals surface area contributed by atoms with Crippen LogP contribution in [0.1, 0.15) is 16.1 Å². The Bertz CT molecular complexity index is 1320. The third-order valence-corrected chi connectivity index (χ3v) is 8.33. The van der Waals surface area contributed by atoms with Gasteiger partial charge in [0.25, 0.3) is 5.91 Å². The fourth-order valence-electron chi connectivity index (χ4n) is 4.23. The molecule has 1 aromatic carbocycles. The highest BCUT2D eigenvalue weighted by atomic mass is 28.3. The molecule has 1 amide bonds. The number of aliphatic hydroxyl groups is 1. The number of aliphatic hydroxyl groups excluding tert-OH is 1. The van der Waals surface area contributed by atoms with E-state index in [9.17, 15) is 9.90 Å². The van der Waals surface area contributed by atoms with E-state index in [0.717, 1.165) is 22.3 Å². The number of β-amino-alcohol motifs (C(OH)–C–C–N with tert-alkyl or cyclic N) is 1. The molecule has 1 saturated heterocycles. The molecule has 1 aliphatic heterocycles. The van der Waals surface area contributed by atoms with Crippen molar-refractivity contribution in [2.24, 2.45) is 0 Å². The number of nitrogens with one attached hydrogen (secondary N) is 1. The zero-order valence-electron chi connectivity index (χ0n) is 19.7. The second-order valence-electron chi connectivity index (χ2n) is 9.91. The van der Waals surface area contributed by atoms with Gasteiger partial charge in [0.15, 0.2) is 0 Å². The molecule has 0 saturated carbocycles. The number of benzene rings is 1. The highest BCUT2D eigenvalue weighted by molar-refractivity contribution is 6.88. The zero-order chi connectivity index (χ0) is 23.9. The molecule has 7 nitrogen and oxygen atoms in total. The molecule has 0 aliphatic carbocycles. The number of hydrogen-bond donors (Lipinski definition) is 2. The Morgan fingerprint density at radius 1 is 1.09 bits per heavy atom. The van der Waals surface area contributed by atoms with Gasteiger partial charge in [0, 0.05) is 42.9 Å². The first kappa shape index (κ1) is 22.3. The third kappa shape index (κ3) is 4.46. The molecule has 174 valence electrons. The minimum atomic E-state index is -1.51. The Morgan fingerprint density at radius 2 is 1.85 bits per heavy atom. The van der Waals surface area contributed by atoms with Crippen molar-refractivity contribution >= 4 is 41.6 Å². The quantitative estimate of drug-likeness (QED) is 0.421. The Hall–Kier alpha value is -3.49. The van der Waals surface area contributed by atoms with Crippen molar-refractivity contribution < 1.29 is 9.90 Å². The molecule has 3 aromatic heterocycles. The van der Waals surface area contributed by atoms with Crippen LogP contribution in [0.2, 0.25) is 19.6 Å². The van der Waals surface area contributed by atoms with E-state index in [-0.39, 0.29) is 12.0 Å². The Balaban J connectivity index is 1.47. The van der Waals surface area contributed by atoms with Crippen LogP contribution in [-0.2, 0) is 6.54 Å². The summed E-state index contributed by atoms with van der Waals surface area (Å²) in [6.45, 7) is 8.75. The van der Waals surface area contributed by atoms with Gasteiger partial charge in [-0.2, -0.15) is 0 Å². The van der Waals surface area contributed by atoms with E-state index < -0.39 is 8.07 Å². The highest BCUT2D eigenvalue weighted by Crippen LogP contribution is 2.24. The first-order valence-corrected chi connectivity index (χ1v) is 15.0. The van der Waals surface area contributed by atoms with Crippen LogP contribution in [0.5, 0.6) is 0 Å². The van der Waals surface area contributed by atoms with Crippen molar-refractivity contribution in [1.29, 1.82) is 0 Å². The lowest BCUT2D eigenvalue weighted by atomic mass is 10.2. The average Bonchev–Trinajstić information content (AvgIpc) is 3.15. The van der Waals surface area contributed by atoms with Crippen LogP contribution in [0.4, 0.5) is 11.5 Å². The van der Waals surface area contributed by atoms with Crippen molar-refractivity contribution in [2.75, 3.05) is 23.3 Å². The molecule has 0 bridgehead atoms. The molecule has 34 heavy (non-hydrogen) atoms. The van der Waals surface area contributed by atoms with Crippen molar-refractivity contribution in [1.82, 2.24) is 14.5 Å². The van der Waals surface area contributed by atoms with Crippen LogP contribution in [0.3, 0.4) is 0 Å². The van der Waals surface area contributed by atoms with Crippen LogP contribution < -0.4 is 15.4 Å². The molecule has 4 aromatic rings. The van der Waals surface area contributed by atoms with Gasteiger partial charge in [-0.3, -0.25) is 9.78 Å². The lowest BCUT2D eigenvalue weighted by Gasteiger charge is -2.36. The standard InChI is InChI=1S/C26H29N5O2Si/c1-34(2,3)22-6-4-19-12-24(31(23(19)13-22)15-18-8-10-27-11-9-18)26(33)29-20-5-7-25(28-14-20)30-16-21(32)17-30/h4-14,21,32H,15-17H2,1-3H3,(H,29,33). The van der Waals surface area contributed by atoms with Crippen molar-refractivity contribution in [2.45, 2.75) is 32.3 Å². The summed E-state index contributed by atoms with van der Waals surface area (Å²) in [5.74, 6) is 0.628. The van der Waals surface area contributed by atoms with Gasteiger partial charge in [0.2, 0.25) is 0 Å². The van der Waals surface area contributed by atoms with Gasteiger partial charge in [0.1, 0.15) is 11.5 Å². The molecule has 0 spiro atoms. The lowest BCUT2D eigenvalue weighted by molar-refractivity contribution is 0.101. The number of pyridine rings is 2. The van der Waals surface area contributed by atoms with Gasteiger partial charge >= 0.3 is 0 Å². The molecule has 2 N–H and O–H groups in total. The van der Waals surface area contributed by atoms with Crippen LogP contribution >= 0.6 is 0 Å². The molecule has 1 fully saturated rings. The maximum Gasteiger partial charge on any atom is 0.272 e. The summed E-state index contributed by atoms with van der Waals surface area (Å²) in [6, 6.07) is 16.2. The maximum absolute atomic E-state index is 13.4. The molecule has 1 aliphatic rings. The van der Waals surface area contributed by atoms with E-state index in [1.165, 1.54) is 5.19 Å². The predicted molar refractivity (Wildman–Crippen MR) is 139 cm³/mol. The minimum Gasteiger partial charge on any atom is -0.389 e. The van der Waals surface area contributed by atoms with Crippen LogP contribution in [0.25, 0.3) is 10.9 Å². The second-order valence-corrected chi connectivity index (χ2v) is 15.0. The van der Waals surface area contributed by atoms with Gasteiger partial charge < -0.3 is 19.9 Å². The predicted octanol–water partition coefficient (Wildman–Crippen LogP) is 3.46. The van der Waals surface area contributed by atoms with E-state index in [2.05, 4.69) is 57.7 Å². The normalized spacial score (nSPS) is 14.3. The van der Waals surface area contributed by atoms with Gasteiger partial charge in [-0.25, -0.2) is 4.98 Å². The number of aromatic nitrogens is 3. The lowest BCUT2D eigenvalue weighted by Crippen LogP contribution is -2.51. The summed E-state index contributed by atoms with van der Waals surface area (Å²) in [5, 5.41) is 14.9. The van der Waals surface area contributed by atoms with Crippen molar-refractivity contribution in [3.8, 4) is 0 Å². The summed E-state index contributed by atoms with van der Waals surface area (Å²) < 4.78 is 2.09. The maximum atomic E-state index is 13.4. The molecule has 0 atom stereocenters. The van der Waals surface area contributed by atoms with E-state index in [1.807, 2.05) is 35.2 Å². The van der Waals surface area contributed by atoms with E-state index in [1.54, 1.807) is 18.6 Å². The SMILES string of the molecule is C[Si](C)(C)c1ccc2cc(C(=O)Nc3ccc(N4CC(O)C4)nc3)n(Cc3ccncc3)c2c1. The van der Waals surface area contributed by atoms with Crippen LogP contribution in [-0.4, -0.2) is 52.8 Å². The number of fused-ring (bicyclic) bond motifs is 1. The minimum absolute atomic E-state index is 0.172. The molecular weight excluding hydrogens is 442 g/mol. The van der Waals surface area contributed by atoms with Gasteiger partial charge in [-0.1, -0.05) is 37.0 Å². The summed E-state index contributed by atoms with van der Waals surface area (Å²) in [6.07, 6.45) is 4.93. The third-order valence-electron chi connectivity index (χ3n) is 6.28. The number of rotatable bonds is 6.